The average molecular weight is 394 g/mol. The lowest BCUT2D eigenvalue weighted by molar-refractivity contribution is 0.189. The van der Waals surface area contributed by atoms with Gasteiger partial charge >= 0.3 is 6.03 Å². The predicted molar refractivity (Wildman–Crippen MR) is 106 cm³/mol. The van der Waals surface area contributed by atoms with E-state index in [1.807, 2.05) is 13.1 Å². The van der Waals surface area contributed by atoms with E-state index in [1.165, 1.54) is 12.1 Å². The third kappa shape index (κ3) is 3.96. The first kappa shape index (κ1) is 19.0. The van der Waals surface area contributed by atoms with Gasteiger partial charge in [-0.15, -0.1) is 0 Å². The van der Waals surface area contributed by atoms with Crippen LogP contribution in [-0.4, -0.2) is 43.5 Å². The Balaban J connectivity index is 1.53. The van der Waals surface area contributed by atoms with Crippen LogP contribution in [0.5, 0.6) is 0 Å². The van der Waals surface area contributed by atoms with Crippen LogP contribution in [-0.2, 0) is 13.0 Å². The van der Waals surface area contributed by atoms with Gasteiger partial charge in [-0.05, 0) is 37.1 Å². The van der Waals surface area contributed by atoms with Gasteiger partial charge in [-0.1, -0.05) is 12.1 Å². The molecular formula is C21H23FN6O. The molecule has 3 heterocycles. The van der Waals surface area contributed by atoms with E-state index in [-0.39, 0.29) is 17.9 Å². The summed E-state index contributed by atoms with van der Waals surface area (Å²) in [7, 11) is 1.70. The van der Waals surface area contributed by atoms with E-state index in [2.05, 4.69) is 24.8 Å². The number of aryl methyl sites for hydroxylation is 1. The highest BCUT2D eigenvalue weighted by Gasteiger charge is 2.29. The van der Waals surface area contributed by atoms with Crippen molar-refractivity contribution in [2.45, 2.75) is 38.4 Å². The van der Waals surface area contributed by atoms with Crippen molar-refractivity contribution in [2.75, 3.05) is 7.05 Å². The molecular weight excluding hydrogens is 371 g/mol. The molecule has 2 aromatic heterocycles. The van der Waals surface area contributed by atoms with Gasteiger partial charge in [0, 0.05) is 50.3 Å². The minimum absolute atomic E-state index is 0.00445. The molecule has 0 fully saturated rings. The summed E-state index contributed by atoms with van der Waals surface area (Å²) in [6, 6.07) is 7.03. The number of hydrogen-bond acceptors (Lipinski definition) is 4. The standard InChI is InChI=1S/C21H23FN6O/c1-14-13-25-18-12-17(8-11-28(14)18)26-21(29)27(2)19(20-23-9-3-10-24-20)15-4-6-16(22)7-5-15/h3-7,9-10,13,17,19H,8,11-12H2,1-2H3,(H,26,29). The van der Waals surface area contributed by atoms with Crippen LogP contribution in [0.4, 0.5) is 9.18 Å². The second-order valence-corrected chi connectivity index (χ2v) is 7.28. The summed E-state index contributed by atoms with van der Waals surface area (Å²) in [6.07, 6.45) is 6.66. The summed E-state index contributed by atoms with van der Waals surface area (Å²) in [5.74, 6) is 1.14. The largest absolute Gasteiger partial charge is 0.335 e. The van der Waals surface area contributed by atoms with Gasteiger partial charge in [0.05, 0.1) is 0 Å². The molecule has 3 aromatic rings. The Morgan fingerprint density at radius 1 is 1.24 bits per heavy atom. The number of nitrogens with one attached hydrogen (secondary N) is 1. The molecule has 1 aliphatic rings. The number of fused-ring (bicyclic) bond motifs is 1. The second-order valence-electron chi connectivity index (χ2n) is 7.28. The molecule has 0 saturated heterocycles. The molecule has 0 aliphatic carbocycles. The Kier molecular flexibility index (Phi) is 5.24. The fourth-order valence-electron chi connectivity index (χ4n) is 3.75. The normalized spacial score (nSPS) is 16.7. The van der Waals surface area contributed by atoms with Crippen molar-refractivity contribution >= 4 is 6.03 Å². The Labute approximate surface area is 168 Å². The van der Waals surface area contributed by atoms with Gasteiger partial charge < -0.3 is 14.8 Å². The molecule has 29 heavy (non-hydrogen) atoms. The van der Waals surface area contributed by atoms with Crippen molar-refractivity contribution in [1.82, 2.24) is 29.7 Å². The van der Waals surface area contributed by atoms with Crippen molar-refractivity contribution in [3.05, 3.63) is 77.6 Å². The second kappa shape index (κ2) is 7.98. The van der Waals surface area contributed by atoms with Gasteiger partial charge in [0.1, 0.15) is 17.7 Å². The molecule has 2 unspecified atom stereocenters. The van der Waals surface area contributed by atoms with Crippen LogP contribution >= 0.6 is 0 Å². The fraction of sp³-hybridized carbons (Fsp3) is 0.333. The maximum atomic E-state index is 13.4. The Morgan fingerprint density at radius 2 is 1.97 bits per heavy atom. The van der Waals surface area contributed by atoms with Crippen LogP contribution in [0.25, 0.3) is 0 Å². The number of carbonyl (C=O) groups excluding carboxylic acids is 1. The minimum Gasteiger partial charge on any atom is -0.335 e. The molecule has 7 nitrogen and oxygen atoms in total. The number of benzene rings is 1. The number of carbonyl (C=O) groups is 1. The Bertz CT molecular complexity index is 988. The van der Waals surface area contributed by atoms with Crippen LogP contribution in [0, 0.1) is 12.7 Å². The van der Waals surface area contributed by atoms with Gasteiger partial charge in [0.2, 0.25) is 0 Å². The highest BCUT2D eigenvalue weighted by atomic mass is 19.1. The van der Waals surface area contributed by atoms with Gasteiger partial charge in [-0.3, -0.25) is 0 Å². The number of halogens is 1. The van der Waals surface area contributed by atoms with Crippen LogP contribution in [0.1, 0.15) is 35.4 Å². The first-order valence-corrected chi connectivity index (χ1v) is 9.59. The van der Waals surface area contributed by atoms with E-state index in [9.17, 15) is 9.18 Å². The molecule has 1 aromatic carbocycles. The van der Waals surface area contributed by atoms with E-state index in [0.29, 0.717) is 12.2 Å². The molecule has 4 rings (SSSR count). The van der Waals surface area contributed by atoms with E-state index in [0.717, 1.165) is 30.0 Å². The molecule has 1 aliphatic heterocycles. The summed E-state index contributed by atoms with van der Waals surface area (Å²) < 4.78 is 15.6. The van der Waals surface area contributed by atoms with E-state index < -0.39 is 6.04 Å². The van der Waals surface area contributed by atoms with Crippen molar-refractivity contribution in [3.8, 4) is 0 Å². The quantitative estimate of drug-likeness (QED) is 0.738. The topological polar surface area (TPSA) is 75.9 Å². The van der Waals surface area contributed by atoms with Crippen LogP contribution in [0.3, 0.4) is 0 Å². The lowest BCUT2D eigenvalue weighted by Gasteiger charge is -2.31. The molecule has 8 heteroatoms. The van der Waals surface area contributed by atoms with Crippen LogP contribution in [0.15, 0.2) is 48.9 Å². The zero-order valence-electron chi connectivity index (χ0n) is 16.4. The van der Waals surface area contributed by atoms with Gasteiger partial charge in [-0.25, -0.2) is 24.1 Å². The molecule has 0 saturated carbocycles. The Hall–Kier alpha value is -3.29. The first-order chi connectivity index (χ1) is 14.0. The van der Waals surface area contributed by atoms with Crippen molar-refractivity contribution in [3.63, 3.8) is 0 Å². The van der Waals surface area contributed by atoms with Gasteiger partial charge in [-0.2, -0.15) is 0 Å². The fourth-order valence-corrected chi connectivity index (χ4v) is 3.75. The summed E-state index contributed by atoms with van der Waals surface area (Å²) in [5, 5.41) is 3.10. The number of rotatable bonds is 4. The third-order valence-corrected chi connectivity index (χ3v) is 5.32. The lowest BCUT2D eigenvalue weighted by atomic mass is 10.0. The van der Waals surface area contributed by atoms with E-state index in [4.69, 9.17) is 0 Å². The number of nitrogens with zero attached hydrogens (tertiary/aromatic N) is 5. The molecule has 0 radical (unpaired) electrons. The molecule has 2 amide bonds. The third-order valence-electron chi connectivity index (χ3n) is 5.32. The molecule has 2 atom stereocenters. The number of aromatic nitrogens is 4. The smallest absolute Gasteiger partial charge is 0.318 e. The zero-order valence-corrected chi connectivity index (χ0v) is 16.4. The van der Waals surface area contributed by atoms with E-state index >= 15 is 0 Å². The lowest BCUT2D eigenvalue weighted by Crippen LogP contribution is -2.47. The van der Waals surface area contributed by atoms with Gasteiger partial charge in [0.15, 0.2) is 5.82 Å². The number of amides is 2. The molecule has 0 spiro atoms. The predicted octanol–water partition coefficient (Wildman–Crippen LogP) is 2.87. The molecule has 150 valence electrons. The minimum atomic E-state index is -0.523. The zero-order chi connectivity index (χ0) is 20.4. The first-order valence-electron chi connectivity index (χ1n) is 9.59. The highest BCUT2D eigenvalue weighted by Crippen LogP contribution is 2.25. The van der Waals surface area contributed by atoms with Crippen molar-refractivity contribution in [1.29, 1.82) is 0 Å². The van der Waals surface area contributed by atoms with Crippen molar-refractivity contribution < 1.29 is 9.18 Å². The van der Waals surface area contributed by atoms with Gasteiger partial charge in [0.25, 0.3) is 0 Å². The summed E-state index contributed by atoms with van der Waals surface area (Å²) in [4.78, 5) is 27.7. The summed E-state index contributed by atoms with van der Waals surface area (Å²) in [5.41, 5.74) is 1.88. The number of urea groups is 1. The molecule has 0 bridgehead atoms. The van der Waals surface area contributed by atoms with E-state index in [1.54, 1.807) is 42.5 Å². The number of hydrogen-bond donors (Lipinski definition) is 1. The SMILES string of the molecule is Cc1cnc2n1CCC(NC(=O)N(C)C(c1ccc(F)cc1)c1ncccn1)C2. The van der Waals surface area contributed by atoms with Crippen LogP contribution in [0.2, 0.25) is 0 Å². The Morgan fingerprint density at radius 3 is 2.69 bits per heavy atom. The monoisotopic (exact) mass is 394 g/mol. The summed E-state index contributed by atoms with van der Waals surface area (Å²) >= 11 is 0. The van der Waals surface area contributed by atoms with Crippen LogP contribution < -0.4 is 5.32 Å². The number of imidazole rings is 1. The molecule has 1 N–H and O–H groups in total. The maximum Gasteiger partial charge on any atom is 0.318 e. The highest BCUT2D eigenvalue weighted by molar-refractivity contribution is 5.75. The average Bonchev–Trinajstić information content (AvgIpc) is 3.10. The van der Waals surface area contributed by atoms with Crippen molar-refractivity contribution in [2.24, 2.45) is 0 Å². The summed E-state index contributed by atoms with van der Waals surface area (Å²) in [6.45, 7) is 2.87. The maximum absolute atomic E-state index is 13.4.